The van der Waals surface area contributed by atoms with Crippen LogP contribution >= 0.6 is 15.9 Å². The highest BCUT2D eigenvalue weighted by atomic mass is 79.9. The molecule has 0 saturated carbocycles. The van der Waals surface area contributed by atoms with Crippen LogP contribution in [-0.4, -0.2) is 37.6 Å². The van der Waals surface area contributed by atoms with Gasteiger partial charge in [0.25, 0.3) is 0 Å². The number of hydrogen-bond acceptors (Lipinski definition) is 3. The Hall–Kier alpha value is -0.580. The second-order valence-electron chi connectivity index (χ2n) is 5.87. The highest BCUT2D eigenvalue weighted by Crippen LogP contribution is 2.32. The zero-order chi connectivity index (χ0) is 14.7. The van der Waals surface area contributed by atoms with Gasteiger partial charge in [0.1, 0.15) is 0 Å². The van der Waals surface area contributed by atoms with E-state index in [-0.39, 0.29) is 6.04 Å². The number of nitrogens with zero attached hydrogens (tertiary/aromatic N) is 2. The van der Waals surface area contributed by atoms with Crippen LogP contribution in [0.25, 0.3) is 0 Å². The van der Waals surface area contributed by atoms with Gasteiger partial charge in [0.05, 0.1) is 5.69 Å². The van der Waals surface area contributed by atoms with E-state index in [2.05, 4.69) is 57.9 Å². The van der Waals surface area contributed by atoms with E-state index in [9.17, 15) is 0 Å². The third kappa shape index (κ3) is 3.54. The Kier molecular flexibility index (Phi) is 5.47. The van der Waals surface area contributed by atoms with Crippen LogP contribution in [0.15, 0.2) is 22.7 Å². The second-order valence-corrected chi connectivity index (χ2v) is 6.73. The topological polar surface area (TPSA) is 32.5 Å². The molecule has 0 aliphatic carbocycles. The zero-order valence-corrected chi connectivity index (χ0v) is 14.4. The summed E-state index contributed by atoms with van der Waals surface area (Å²) in [6.45, 7) is 7.75. The van der Waals surface area contributed by atoms with Crippen LogP contribution < -0.4 is 10.6 Å². The molecule has 112 valence electrons. The minimum absolute atomic E-state index is 0.0811. The molecule has 4 heteroatoms. The van der Waals surface area contributed by atoms with Gasteiger partial charge in [-0.2, -0.15) is 0 Å². The molecule has 0 bridgehead atoms. The lowest BCUT2D eigenvalue weighted by Crippen LogP contribution is -2.40. The molecule has 0 amide bonds. The first-order chi connectivity index (χ1) is 9.52. The minimum atomic E-state index is 0.0811. The van der Waals surface area contributed by atoms with Crippen molar-refractivity contribution in [2.45, 2.75) is 38.8 Å². The van der Waals surface area contributed by atoms with E-state index in [0.717, 1.165) is 17.6 Å². The van der Waals surface area contributed by atoms with E-state index in [1.54, 1.807) is 0 Å². The molecule has 0 radical (unpaired) electrons. The first-order valence-corrected chi connectivity index (χ1v) is 8.32. The van der Waals surface area contributed by atoms with Crippen molar-refractivity contribution in [3.8, 4) is 0 Å². The Morgan fingerprint density at radius 1 is 1.40 bits per heavy atom. The van der Waals surface area contributed by atoms with Gasteiger partial charge in [0, 0.05) is 29.6 Å². The summed E-state index contributed by atoms with van der Waals surface area (Å²) in [5.41, 5.74) is 8.45. The second kappa shape index (κ2) is 6.92. The van der Waals surface area contributed by atoms with Crippen molar-refractivity contribution in [2.75, 3.05) is 31.6 Å². The number of nitrogens with two attached hydrogens (primary N) is 1. The SMILES string of the molecule is CCC1CN(C)CCCN1c1ccc([C@H](C)N)cc1Br. The molecular weight excluding hydrogens is 314 g/mol. The third-order valence-electron chi connectivity index (χ3n) is 4.18. The standard InChI is InChI=1S/C16H26BrN3/c1-4-14-11-19(3)8-5-9-20(14)16-7-6-13(12(2)18)10-15(16)17/h6-7,10,12,14H,4-5,8-9,11,18H2,1-3H3/t12-,14?/m0/s1. The maximum atomic E-state index is 5.97. The Balaban J connectivity index is 2.28. The molecule has 1 saturated heterocycles. The Bertz CT molecular complexity index is 447. The predicted molar refractivity (Wildman–Crippen MR) is 90.3 cm³/mol. The van der Waals surface area contributed by atoms with Crippen molar-refractivity contribution in [3.05, 3.63) is 28.2 Å². The van der Waals surface area contributed by atoms with Crippen molar-refractivity contribution < 1.29 is 0 Å². The first-order valence-electron chi connectivity index (χ1n) is 7.53. The molecule has 1 aliphatic rings. The molecule has 0 aromatic heterocycles. The average molecular weight is 340 g/mol. The normalized spacial score (nSPS) is 22.6. The van der Waals surface area contributed by atoms with Gasteiger partial charge in [-0.15, -0.1) is 0 Å². The summed E-state index contributed by atoms with van der Waals surface area (Å²) in [4.78, 5) is 5.00. The van der Waals surface area contributed by atoms with E-state index in [1.165, 1.54) is 30.6 Å². The summed E-state index contributed by atoms with van der Waals surface area (Å²) in [5, 5.41) is 0. The van der Waals surface area contributed by atoms with E-state index >= 15 is 0 Å². The molecule has 1 heterocycles. The lowest BCUT2D eigenvalue weighted by Gasteiger charge is -2.33. The van der Waals surface area contributed by atoms with Crippen LogP contribution in [-0.2, 0) is 0 Å². The Morgan fingerprint density at radius 3 is 2.75 bits per heavy atom. The fraction of sp³-hybridized carbons (Fsp3) is 0.625. The number of halogens is 1. The molecule has 1 aromatic carbocycles. The highest BCUT2D eigenvalue weighted by molar-refractivity contribution is 9.10. The van der Waals surface area contributed by atoms with Crippen LogP contribution in [0.3, 0.4) is 0 Å². The van der Waals surface area contributed by atoms with Crippen LogP contribution in [0.1, 0.15) is 38.3 Å². The van der Waals surface area contributed by atoms with Crippen molar-refractivity contribution >= 4 is 21.6 Å². The van der Waals surface area contributed by atoms with Crippen molar-refractivity contribution in [3.63, 3.8) is 0 Å². The molecule has 20 heavy (non-hydrogen) atoms. The lowest BCUT2D eigenvalue weighted by molar-refractivity contribution is 0.328. The van der Waals surface area contributed by atoms with Gasteiger partial charge in [-0.1, -0.05) is 13.0 Å². The number of anilines is 1. The molecule has 1 aromatic rings. The quantitative estimate of drug-likeness (QED) is 0.916. The summed E-state index contributed by atoms with van der Waals surface area (Å²) in [7, 11) is 2.22. The molecule has 1 fully saturated rings. The van der Waals surface area contributed by atoms with Crippen LogP contribution in [0, 0.1) is 0 Å². The molecule has 1 unspecified atom stereocenters. The van der Waals surface area contributed by atoms with Crippen LogP contribution in [0.2, 0.25) is 0 Å². The summed E-state index contributed by atoms with van der Waals surface area (Å²) < 4.78 is 1.16. The first kappa shape index (κ1) is 15.8. The molecular formula is C16H26BrN3. The maximum Gasteiger partial charge on any atom is 0.0513 e. The molecule has 3 nitrogen and oxygen atoms in total. The number of benzene rings is 1. The smallest absolute Gasteiger partial charge is 0.0513 e. The summed E-state index contributed by atoms with van der Waals surface area (Å²) in [6.07, 6.45) is 2.39. The lowest BCUT2D eigenvalue weighted by atomic mass is 10.1. The van der Waals surface area contributed by atoms with E-state index < -0.39 is 0 Å². The van der Waals surface area contributed by atoms with Crippen LogP contribution in [0.4, 0.5) is 5.69 Å². The van der Waals surface area contributed by atoms with Gasteiger partial charge in [-0.25, -0.2) is 0 Å². The molecule has 1 aliphatic heterocycles. The van der Waals surface area contributed by atoms with E-state index in [1.807, 2.05) is 6.92 Å². The van der Waals surface area contributed by atoms with Crippen molar-refractivity contribution in [2.24, 2.45) is 5.73 Å². The van der Waals surface area contributed by atoms with Crippen molar-refractivity contribution in [1.82, 2.24) is 4.90 Å². The van der Waals surface area contributed by atoms with Gasteiger partial charge in [0.2, 0.25) is 0 Å². The summed E-state index contributed by atoms with van der Waals surface area (Å²) >= 11 is 3.74. The predicted octanol–water partition coefficient (Wildman–Crippen LogP) is 3.39. The molecule has 2 N–H and O–H groups in total. The van der Waals surface area contributed by atoms with Crippen molar-refractivity contribution in [1.29, 1.82) is 0 Å². The third-order valence-corrected chi connectivity index (χ3v) is 4.82. The fourth-order valence-corrected chi connectivity index (χ4v) is 3.57. The average Bonchev–Trinajstić information content (AvgIpc) is 2.60. The summed E-state index contributed by atoms with van der Waals surface area (Å²) in [6, 6.07) is 7.21. The van der Waals surface area contributed by atoms with E-state index in [4.69, 9.17) is 5.73 Å². The molecule has 2 rings (SSSR count). The van der Waals surface area contributed by atoms with Gasteiger partial charge in [-0.05, 0) is 67.0 Å². The van der Waals surface area contributed by atoms with Gasteiger partial charge < -0.3 is 15.5 Å². The molecule has 2 atom stereocenters. The monoisotopic (exact) mass is 339 g/mol. The summed E-state index contributed by atoms with van der Waals surface area (Å²) in [5.74, 6) is 0. The largest absolute Gasteiger partial charge is 0.366 e. The Labute approximate surface area is 131 Å². The van der Waals surface area contributed by atoms with Gasteiger partial charge in [-0.3, -0.25) is 0 Å². The molecule has 0 spiro atoms. The maximum absolute atomic E-state index is 5.97. The Morgan fingerprint density at radius 2 is 2.15 bits per heavy atom. The highest BCUT2D eigenvalue weighted by Gasteiger charge is 2.23. The number of rotatable bonds is 3. The van der Waals surface area contributed by atoms with Gasteiger partial charge >= 0.3 is 0 Å². The number of likely N-dealkylation sites (N-methyl/N-ethyl adjacent to an activating group) is 1. The minimum Gasteiger partial charge on any atom is -0.366 e. The van der Waals surface area contributed by atoms with Crippen LogP contribution in [0.5, 0.6) is 0 Å². The number of hydrogen-bond donors (Lipinski definition) is 1. The van der Waals surface area contributed by atoms with E-state index in [0.29, 0.717) is 6.04 Å². The van der Waals surface area contributed by atoms with Gasteiger partial charge in [0.15, 0.2) is 0 Å². The fourth-order valence-electron chi connectivity index (χ4n) is 2.95. The zero-order valence-electron chi connectivity index (χ0n) is 12.8.